The van der Waals surface area contributed by atoms with Gasteiger partial charge in [-0.3, -0.25) is 0 Å². The Kier molecular flexibility index (Phi) is 13.3. The van der Waals surface area contributed by atoms with Crippen LogP contribution in [0.3, 0.4) is 0 Å². The first kappa shape index (κ1) is 43.4. The lowest BCUT2D eigenvalue weighted by Gasteiger charge is -2.44. The number of halogens is 12. The van der Waals surface area contributed by atoms with E-state index in [0.29, 0.717) is 65.8 Å². The highest BCUT2D eigenvalue weighted by Gasteiger charge is 2.38. The largest absolute Gasteiger partial charge is 0.416 e. The molecular formula is C37H29BF12N2OS. The van der Waals surface area contributed by atoms with Crippen LogP contribution in [-0.4, -0.2) is 23.4 Å². The van der Waals surface area contributed by atoms with Gasteiger partial charge in [0.15, 0.2) is 0 Å². The average Bonchev–Trinajstić information content (AvgIpc) is 3.12. The summed E-state index contributed by atoms with van der Waals surface area (Å²) in [6, 6.07) is 17.0. The number of nitrogens with zero attached hydrogens (tertiary/aromatic N) is 2. The molecule has 0 saturated heterocycles. The molecule has 4 rings (SSSR count). The molecule has 0 aliphatic carbocycles. The van der Waals surface area contributed by atoms with Crippen LogP contribution in [0.2, 0.25) is 0 Å². The quantitative estimate of drug-likeness (QED) is 0.0778. The van der Waals surface area contributed by atoms with E-state index in [9.17, 15) is 56.9 Å². The van der Waals surface area contributed by atoms with Crippen LogP contribution in [-0.2, 0) is 38.8 Å². The van der Waals surface area contributed by atoms with Crippen LogP contribution >= 0.6 is 0 Å². The van der Waals surface area contributed by atoms with Crippen LogP contribution in [0.25, 0.3) is 0 Å². The maximum absolute atomic E-state index is 13.3. The summed E-state index contributed by atoms with van der Waals surface area (Å²) < 4.78 is 172. The second-order valence-corrected chi connectivity index (χ2v) is 15.3. The van der Waals surface area contributed by atoms with E-state index >= 15 is 0 Å². The van der Waals surface area contributed by atoms with Gasteiger partial charge in [-0.05, 0) is 19.9 Å². The first-order valence-electron chi connectivity index (χ1n) is 15.8. The van der Waals surface area contributed by atoms with Crippen LogP contribution in [0.4, 0.5) is 52.7 Å². The van der Waals surface area contributed by atoms with Crippen molar-refractivity contribution in [1.29, 1.82) is 10.5 Å². The van der Waals surface area contributed by atoms with Gasteiger partial charge in [0.2, 0.25) is 0 Å². The highest BCUT2D eigenvalue weighted by molar-refractivity contribution is 8.03. The molecule has 0 atom stereocenters. The fraction of sp³-hybridized carbons (Fsp3) is 0.243. The van der Waals surface area contributed by atoms with Gasteiger partial charge >= 0.3 is 24.7 Å². The molecule has 0 unspecified atom stereocenters. The average molecular weight is 789 g/mol. The van der Waals surface area contributed by atoms with E-state index in [-0.39, 0.29) is 27.4 Å². The Morgan fingerprint density at radius 3 is 0.907 bits per heavy atom. The van der Waals surface area contributed by atoms with Crippen molar-refractivity contribution in [3.05, 3.63) is 131 Å². The van der Waals surface area contributed by atoms with Crippen LogP contribution in [0.1, 0.15) is 36.1 Å². The van der Waals surface area contributed by atoms with E-state index in [1.165, 1.54) is 6.08 Å². The van der Waals surface area contributed by atoms with E-state index in [1.54, 1.807) is 12.1 Å². The van der Waals surface area contributed by atoms with E-state index in [2.05, 4.69) is 0 Å². The number of nitriles is 2. The van der Waals surface area contributed by atoms with E-state index < -0.39 is 63.0 Å². The molecular weight excluding hydrogens is 759 g/mol. The van der Waals surface area contributed by atoms with E-state index in [0.717, 1.165) is 48.5 Å². The number of alkyl halides is 12. The first-order chi connectivity index (χ1) is 25.0. The Bertz CT molecular complexity index is 1780. The minimum atomic E-state index is -4.77. The topological polar surface area (TPSA) is 64.7 Å². The van der Waals surface area contributed by atoms with Gasteiger partial charge in [-0.1, -0.05) is 97.1 Å². The molecule has 0 aliphatic rings. The highest BCUT2D eigenvalue weighted by Crippen LogP contribution is 2.32. The van der Waals surface area contributed by atoms with Gasteiger partial charge in [0.05, 0.1) is 32.2 Å². The maximum Gasteiger partial charge on any atom is 0.416 e. The van der Waals surface area contributed by atoms with Crippen LogP contribution in [0.15, 0.2) is 109 Å². The first-order valence-corrected chi connectivity index (χ1v) is 17.9. The van der Waals surface area contributed by atoms with Crippen molar-refractivity contribution in [2.45, 2.75) is 38.6 Å². The summed E-state index contributed by atoms with van der Waals surface area (Å²) >= 11 is 0. The van der Waals surface area contributed by atoms with Gasteiger partial charge < -0.3 is 0 Å². The Hall–Kier alpha value is -5.03. The zero-order valence-corrected chi connectivity index (χ0v) is 29.1. The number of hydrogen-bond acceptors (Lipinski definition) is 3. The summed E-state index contributed by atoms with van der Waals surface area (Å²) in [6.07, 6.45) is -20.5. The van der Waals surface area contributed by atoms with Crippen molar-refractivity contribution < 1.29 is 56.9 Å². The minimum Gasteiger partial charge on any atom is -0.195 e. The van der Waals surface area contributed by atoms with Gasteiger partial charge in [0, 0.05) is 0 Å². The lowest BCUT2D eigenvalue weighted by atomic mass is 9.13. The standard InChI is InChI=1S/C28H16BF12.C9H13N2OS/c30-25(31,32)17-1-9-21(10-2-17)29(22-11-3-18(4-12-22)26(33,34)35,23-13-5-19(6-14-23)27(36,37)38)24-15-7-20(8-16-24)28(39,40)41;1-3-13(12,4-2)6-5-9(7-10)8-11/h1-16H;5H,3-4,6H2,1-2H3/q-1;+1. The van der Waals surface area contributed by atoms with Crippen LogP contribution in [0.5, 0.6) is 0 Å². The number of rotatable bonds is 8. The Morgan fingerprint density at radius 2 is 0.741 bits per heavy atom. The molecule has 0 aromatic heterocycles. The molecule has 286 valence electrons. The molecule has 0 heterocycles. The monoisotopic (exact) mass is 788 g/mol. The summed E-state index contributed by atoms with van der Waals surface area (Å²) in [5, 5.41) is 16.9. The molecule has 0 radical (unpaired) electrons. The summed E-state index contributed by atoms with van der Waals surface area (Å²) in [6.45, 7) is 3.72. The lowest BCUT2D eigenvalue weighted by molar-refractivity contribution is -0.138. The summed E-state index contributed by atoms with van der Waals surface area (Å²) in [5.41, 5.74) is -4.24. The Morgan fingerprint density at radius 1 is 0.519 bits per heavy atom. The second kappa shape index (κ2) is 16.6. The summed E-state index contributed by atoms with van der Waals surface area (Å²) in [4.78, 5) is 0. The van der Waals surface area contributed by atoms with Crippen molar-refractivity contribution in [2.75, 3.05) is 17.3 Å². The normalized spacial score (nSPS) is 12.5. The predicted molar refractivity (Wildman–Crippen MR) is 183 cm³/mol. The molecule has 3 nitrogen and oxygen atoms in total. The molecule has 0 bridgehead atoms. The molecule has 4 aromatic rings. The van der Waals surface area contributed by atoms with Gasteiger partial charge in [-0.25, -0.2) is 0 Å². The number of benzene rings is 4. The minimum absolute atomic E-state index is 0.0114. The van der Waals surface area contributed by atoms with Gasteiger partial charge in [-0.15, -0.1) is 4.21 Å². The Balaban J connectivity index is 0.000000515. The third-order valence-electron chi connectivity index (χ3n) is 8.84. The molecule has 0 N–H and O–H groups in total. The van der Waals surface area contributed by atoms with Crippen molar-refractivity contribution in [3.8, 4) is 12.1 Å². The highest BCUT2D eigenvalue weighted by atomic mass is 32.2. The Labute approximate surface area is 303 Å². The van der Waals surface area contributed by atoms with E-state index in [1.807, 2.05) is 13.8 Å². The second-order valence-electron chi connectivity index (χ2n) is 11.9. The van der Waals surface area contributed by atoms with Gasteiger partial charge in [0.1, 0.15) is 41.1 Å². The molecule has 0 fully saturated rings. The van der Waals surface area contributed by atoms with Gasteiger partial charge in [-0.2, -0.15) is 85.1 Å². The molecule has 0 amide bonds. The summed E-state index contributed by atoms with van der Waals surface area (Å²) in [7, 11) is -1.86. The third kappa shape index (κ3) is 10.1. The number of allylic oxidation sites excluding steroid dienone is 1. The van der Waals surface area contributed by atoms with Crippen molar-refractivity contribution >= 4 is 37.9 Å². The van der Waals surface area contributed by atoms with Crippen molar-refractivity contribution in [2.24, 2.45) is 0 Å². The van der Waals surface area contributed by atoms with Gasteiger partial charge in [0.25, 0.3) is 0 Å². The van der Waals surface area contributed by atoms with Crippen LogP contribution in [0, 0.1) is 22.7 Å². The van der Waals surface area contributed by atoms with E-state index in [4.69, 9.17) is 10.5 Å². The summed E-state index contributed by atoms with van der Waals surface area (Å²) in [5.74, 6) is 1.55. The molecule has 0 aliphatic heterocycles. The molecule has 0 spiro atoms. The maximum atomic E-state index is 13.3. The molecule has 4 aromatic carbocycles. The molecule has 54 heavy (non-hydrogen) atoms. The van der Waals surface area contributed by atoms with Crippen LogP contribution < -0.4 is 21.9 Å². The molecule has 17 heteroatoms. The zero-order chi connectivity index (χ0) is 40.8. The number of hydrogen-bond donors (Lipinski definition) is 0. The predicted octanol–water partition coefficient (Wildman–Crippen LogP) is 8.64. The zero-order valence-electron chi connectivity index (χ0n) is 28.3. The lowest BCUT2D eigenvalue weighted by Crippen LogP contribution is -2.74. The SMILES string of the molecule is CC[S+](=O)(CC)CC=C(C#N)C#N.FC(F)(F)c1ccc([B-](c2ccc(C(F)(F)F)cc2)(c2ccc(C(F)(F)F)cc2)c2ccc(C(F)(F)F)cc2)cc1. The van der Waals surface area contributed by atoms with Crippen molar-refractivity contribution in [3.63, 3.8) is 0 Å². The third-order valence-corrected chi connectivity index (χ3v) is 11.7. The van der Waals surface area contributed by atoms with Crippen molar-refractivity contribution in [1.82, 2.24) is 0 Å². The fourth-order valence-electron chi connectivity index (χ4n) is 5.79. The fourth-order valence-corrected chi connectivity index (χ4v) is 7.14. The smallest absolute Gasteiger partial charge is 0.195 e. The molecule has 0 saturated carbocycles.